The summed E-state index contributed by atoms with van der Waals surface area (Å²) in [6.07, 6.45) is 1.31. The number of fused-ring (bicyclic) bond motifs is 1. The highest BCUT2D eigenvalue weighted by molar-refractivity contribution is 6.03. The average molecular weight is 394 g/mol. The Bertz CT molecular complexity index is 1190. The molecule has 4 rings (SSSR count). The first-order chi connectivity index (χ1) is 13.4. The van der Waals surface area contributed by atoms with Crippen LogP contribution in [0.25, 0.3) is 22.6 Å². The zero-order valence-electron chi connectivity index (χ0n) is 13.5. The van der Waals surface area contributed by atoms with Gasteiger partial charge < -0.3 is 14.2 Å². The third-order valence-corrected chi connectivity index (χ3v) is 3.81. The molecule has 0 bridgehead atoms. The van der Waals surface area contributed by atoms with Crippen LogP contribution in [0.15, 0.2) is 45.4 Å². The van der Waals surface area contributed by atoms with Crippen molar-refractivity contribution in [3.8, 4) is 11.5 Å². The van der Waals surface area contributed by atoms with E-state index in [1.54, 1.807) is 0 Å². The molecule has 1 amide bonds. The zero-order valence-corrected chi connectivity index (χ0v) is 13.5. The van der Waals surface area contributed by atoms with Gasteiger partial charge in [-0.2, -0.15) is 0 Å². The number of hydrogen-bond acceptors (Lipinski definition) is 4. The zero-order chi connectivity index (χ0) is 20.0. The number of carbonyl (C=O) groups is 1. The van der Waals surface area contributed by atoms with E-state index in [-0.39, 0.29) is 22.5 Å². The first kappa shape index (κ1) is 17.7. The Balaban J connectivity index is 1.75. The van der Waals surface area contributed by atoms with E-state index in [2.05, 4.69) is 10.3 Å². The number of aromatic nitrogens is 1. The second-order valence-electron chi connectivity index (χ2n) is 5.58. The number of carbonyl (C=O) groups excluding carboxylic acids is 1. The van der Waals surface area contributed by atoms with Gasteiger partial charge in [0.2, 0.25) is 11.7 Å². The predicted octanol–water partition coefficient (Wildman–Crippen LogP) is 5.04. The van der Waals surface area contributed by atoms with Gasteiger partial charge in [0.25, 0.3) is 5.91 Å². The molecule has 0 fully saturated rings. The first-order valence-corrected chi connectivity index (χ1v) is 7.64. The van der Waals surface area contributed by atoms with Gasteiger partial charge in [-0.25, -0.2) is 26.9 Å². The van der Waals surface area contributed by atoms with Gasteiger partial charge in [-0.05, 0) is 30.3 Å². The van der Waals surface area contributed by atoms with Crippen molar-refractivity contribution >= 4 is 22.7 Å². The number of halogens is 5. The third-order valence-electron chi connectivity index (χ3n) is 3.81. The molecule has 0 atom stereocenters. The van der Waals surface area contributed by atoms with Gasteiger partial charge in [-0.3, -0.25) is 4.79 Å². The SMILES string of the molecule is O=C(Nc1ccc2oc(-c3c(F)c(F)c(F)c(F)c3F)nc2c1)c1ccco1. The third kappa shape index (κ3) is 2.79. The van der Waals surface area contributed by atoms with Crippen molar-refractivity contribution < 1.29 is 35.6 Å². The lowest BCUT2D eigenvalue weighted by Gasteiger charge is -2.04. The van der Waals surface area contributed by atoms with E-state index < -0.39 is 46.4 Å². The summed E-state index contributed by atoms with van der Waals surface area (Å²) >= 11 is 0. The molecule has 0 radical (unpaired) electrons. The molecular weight excluding hydrogens is 387 g/mol. The summed E-state index contributed by atoms with van der Waals surface area (Å²) in [6.45, 7) is 0. The quantitative estimate of drug-likeness (QED) is 0.301. The monoisotopic (exact) mass is 394 g/mol. The lowest BCUT2D eigenvalue weighted by atomic mass is 10.1. The molecule has 0 aliphatic rings. The Kier molecular flexibility index (Phi) is 4.10. The van der Waals surface area contributed by atoms with E-state index in [0.717, 1.165) is 0 Å². The minimum absolute atomic E-state index is 0.00920. The summed E-state index contributed by atoms with van der Waals surface area (Å²) in [5, 5.41) is 2.50. The molecule has 28 heavy (non-hydrogen) atoms. The van der Waals surface area contributed by atoms with E-state index in [4.69, 9.17) is 8.83 Å². The van der Waals surface area contributed by atoms with E-state index in [1.807, 2.05) is 0 Å². The van der Waals surface area contributed by atoms with Crippen LogP contribution in [0.5, 0.6) is 0 Å². The van der Waals surface area contributed by atoms with Crippen LogP contribution in [-0.2, 0) is 0 Å². The summed E-state index contributed by atoms with van der Waals surface area (Å²) < 4.78 is 77.9. The van der Waals surface area contributed by atoms with E-state index >= 15 is 0 Å². The Hall–Kier alpha value is -3.69. The maximum atomic E-state index is 13.9. The number of nitrogens with one attached hydrogen (secondary N) is 1. The minimum Gasteiger partial charge on any atom is -0.459 e. The van der Waals surface area contributed by atoms with Crippen molar-refractivity contribution in [1.29, 1.82) is 0 Å². The predicted molar refractivity (Wildman–Crippen MR) is 85.9 cm³/mol. The summed E-state index contributed by atoms with van der Waals surface area (Å²) in [5.74, 6) is -11.9. The number of anilines is 1. The fraction of sp³-hybridized carbons (Fsp3) is 0. The number of benzene rings is 2. The van der Waals surface area contributed by atoms with Crippen LogP contribution in [-0.4, -0.2) is 10.9 Å². The van der Waals surface area contributed by atoms with Crippen molar-refractivity contribution in [3.63, 3.8) is 0 Å². The lowest BCUT2D eigenvalue weighted by molar-refractivity contribution is 0.0996. The van der Waals surface area contributed by atoms with Gasteiger partial charge in [0.1, 0.15) is 11.1 Å². The molecular formula is C18H7F5N2O3. The molecule has 0 saturated heterocycles. The molecule has 0 unspecified atom stereocenters. The fourth-order valence-electron chi connectivity index (χ4n) is 2.51. The molecule has 2 heterocycles. The number of hydrogen-bond donors (Lipinski definition) is 1. The summed E-state index contributed by atoms with van der Waals surface area (Å²) in [6, 6.07) is 6.97. The van der Waals surface area contributed by atoms with Crippen molar-refractivity contribution in [2.45, 2.75) is 0 Å². The number of rotatable bonds is 3. The Morgan fingerprint density at radius 2 is 1.61 bits per heavy atom. The van der Waals surface area contributed by atoms with Gasteiger partial charge in [0.15, 0.2) is 34.6 Å². The minimum atomic E-state index is -2.28. The molecule has 0 aliphatic heterocycles. The molecule has 5 nitrogen and oxygen atoms in total. The number of oxazole rings is 1. The molecule has 10 heteroatoms. The Morgan fingerprint density at radius 1 is 0.929 bits per heavy atom. The standard InChI is InChI=1S/C18H7F5N2O3/c19-12-11(13(20)15(22)16(23)14(12)21)18-25-8-6-7(3-4-9(8)28-18)24-17(26)10-2-1-5-27-10/h1-6H,(H,24,26). The number of amides is 1. The number of nitrogens with zero attached hydrogens (tertiary/aromatic N) is 1. The molecule has 0 spiro atoms. The lowest BCUT2D eigenvalue weighted by Crippen LogP contribution is -2.10. The molecule has 4 aromatic rings. The summed E-state index contributed by atoms with van der Waals surface area (Å²) in [4.78, 5) is 15.7. The van der Waals surface area contributed by atoms with Gasteiger partial charge in [-0.15, -0.1) is 0 Å². The van der Waals surface area contributed by atoms with Crippen molar-refractivity contribution in [2.24, 2.45) is 0 Å². The van der Waals surface area contributed by atoms with Gasteiger partial charge >= 0.3 is 0 Å². The van der Waals surface area contributed by atoms with E-state index in [1.165, 1.54) is 36.6 Å². The second kappa shape index (κ2) is 6.48. The molecule has 0 aliphatic carbocycles. The van der Waals surface area contributed by atoms with Gasteiger partial charge in [0, 0.05) is 5.69 Å². The average Bonchev–Trinajstić information content (AvgIpc) is 3.34. The van der Waals surface area contributed by atoms with Crippen LogP contribution in [0.4, 0.5) is 27.6 Å². The van der Waals surface area contributed by atoms with Crippen LogP contribution in [0.1, 0.15) is 10.6 Å². The second-order valence-corrected chi connectivity index (χ2v) is 5.58. The summed E-state index contributed by atoms with van der Waals surface area (Å²) in [5.41, 5.74) is -1.01. The molecule has 1 N–H and O–H groups in total. The highest BCUT2D eigenvalue weighted by Crippen LogP contribution is 2.33. The first-order valence-electron chi connectivity index (χ1n) is 7.64. The number of furan rings is 1. The van der Waals surface area contributed by atoms with Gasteiger partial charge in [0.05, 0.1) is 6.26 Å². The van der Waals surface area contributed by atoms with E-state index in [9.17, 15) is 26.7 Å². The molecule has 2 aromatic heterocycles. The Morgan fingerprint density at radius 3 is 2.25 bits per heavy atom. The highest BCUT2D eigenvalue weighted by Gasteiger charge is 2.29. The van der Waals surface area contributed by atoms with Crippen LogP contribution in [0, 0.1) is 29.1 Å². The topological polar surface area (TPSA) is 68.3 Å². The summed E-state index contributed by atoms with van der Waals surface area (Å²) in [7, 11) is 0. The van der Waals surface area contributed by atoms with Crippen LogP contribution < -0.4 is 5.32 Å². The largest absolute Gasteiger partial charge is 0.459 e. The maximum Gasteiger partial charge on any atom is 0.291 e. The van der Waals surface area contributed by atoms with Crippen LogP contribution in [0.3, 0.4) is 0 Å². The highest BCUT2D eigenvalue weighted by atomic mass is 19.2. The van der Waals surface area contributed by atoms with Crippen LogP contribution >= 0.6 is 0 Å². The van der Waals surface area contributed by atoms with Gasteiger partial charge in [-0.1, -0.05) is 0 Å². The molecule has 0 saturated carbocycles. The van der Waals surface area contributed by atoms with Crippen molar-refractivity contribution in [3.05, 3.63) is 71.4 Å². The Labute approximate surface area is 152 Å². The maximum absolute atomic E-state index is 13.9. The van der Waals surface area contributed by atoms with E-state index in [0.29, 0.717) is 0 Å². The van der Waals surface area contributed by atoms with Crippen LogP contribution in [0.2, 0.25) is 0 Å². The smallest absolute Gasteiger partial charge is 0.291 e. The van der Waals surface area contributed by atoms with Crippen molar-refractivity contribution in [2.75, 3.05) is 5.32 Å². The molecule has 142 valence electrons. The fourth-order valence-corrected chi connectivity index (χ4v) is 2.51. The van der Waals surface area contributed by atoms with Crippen molar-refractivity contribution in [1.82, 2.24) is 4.98 Å². The normalized spacial score (nSPS) is 11.2. The molecule has 2 aromatic carbocycles.